The zero-order chi connectivity index (χ0) is 12.9. The molecule has 0 aliphatic heterocycles. The van der Waals surface area contributed by atoms with Gasteiger partial charge in [-0.25, -0.2) is 0 Å². The van der Waals surface area contributed by atoms with Crippen LogP contribution in [-0.2, 0) is 6.54 Å². The summed E-state index contributed by atoms with van der Waals surface area (Å²) in [6.07, 6.45) is 0.924. The lowest BCUT2D eigenvalue weighted by atomic mass is 9.99. The Bertz CT molecular complexity index is 325. The first-order chi connectivity index (χ1) is 8.00. The third-order valence-corrected chi connectivity index (χ3v) is 3.49. The largest absolute Gasteiger partial charge is 0.394 e. The van der Waals surface area contributed by atoms with E-state index in [-0.39, 0.29) is 12.1 Å². The molecule has 0 aliphatic carbocycles. The highest BCUT2D eigenvalue weighted by Crippen LogP contribution is 2.15. The summed E-state index contributed by atoms with van der Waals surface area (Å²) in [5.74, 6) is 0.579. The predicted octanol–water partition coefficient (Wildman–Crippen LogP) is 3.06. The highest BCUT2D eigenvalue weighted by molar-refractivity contribution is 5.24. The average molecular weight is 235 g/mol. The highest BCUT2D eigenvalue weighted by Gasteiger charge is 2.19. The fourth-order valence-corrected chi connectivity index (χ4v) is 1.63. The van der Waals surface area contributed by atoms with Crippen LogP contribution in [0.2, 0.25) is 0 Å². The molecule has 2 nitrogen and oxygen atoms in total. The Balaban J connectivity index is 2.58. The topological polar surface area (TPSA) is 32.3 Å². The van der Waals surface area contributed by atoms with E-state index in [9.17, 15) is 5.11 Å². The van der Waals surface area contributed by atoms with Gasteiger partial charge in [0.2, 0.25) is 0 Å². The SMILES string of the molecule is CCC(C)(CO)NCc1ccc(C(C)C)cc1. The van der Waals surface area contributed by atoms with Gasteiger partial charge in [-0.1, -0.05) is 45.0 Å². The van der Waals surface area contributed by atoms with Crippen LogP contribution in [0.1, 0.15) is 51.2 Å². The van der Waals surface area contributed by atoms with Crippen LogP contribution in [0.3, 0.4) is 0 Å². The van der Waals surface area contributed by atoms with Crippen molar-refractivity contribution in [3.63, 3.8) is 0 Å². The van der Waals surface area contributed by atoms with Crippen LogP contribution < -0.4 is 5.32 Å². The summed E-state index contributed by atoms with van der Waals surface area (Å²) in [6.45, 7) is 9.53. The third kappa shape index (κ3) is 4.14. The maximum Gasteiger partial charge on any atom is 0.0610 e. The van der Waals surface area contributed by atoms with Crippen LogP contribution in [0.15, 0.2) is 24.3 Å². The Kier molecular flexibility index (Phi) is 5.16. The molecule has 17 heavy (non-hydrogen) atoms. The molecule has 0 spiro atoms. The minimum absolute atomic E-state index is 0.170. The molecule has 2 heteroatoms. The summed E-state index contributed by atoms with van der Waals surface area (Å²) in [5.41, 5.74) is 2.47. The Morgan fingerprint density at radius 1 is 1.24 bits per heavy atom. The molecule has 1 atom stereocenters. The number of benzene rings is 1. The fourth-order valence-electron chi connectivity index (χ4n) is 1.63. The number of rotatable bonds is 6. The lowest BCUT2D eigenvalue weighted by Gasteiger charge is -2.27. The molecule has 0 amide bonds. The van der Waals surface area contributed by atoms with E-state index in [1.165, 1.54) is 11.1 Å². The van der Waals surface area contributed by atoms with Gasteiger partial charge in [-0.05, 0) is 30.4 Å². The van der Waals surface area contributed by atoms with E-state index < -0.39 is 0 Å². The number of hydrogen-bond acceptors (Lipinski definition) is 2. The van der Waals surface area contributed by atoms with Gasteiger partial charge < -0.3 is 10.4 Å². The first kappa shape index (κ1) is 14.2. The number of hydrogen-bond donors (Lipinski definition) is 2. The molecule has 0 saturated heterocycles. The molecule has 0 fully saturated rings. The standard InChI is InChI=1S/C15H25NO/c1-5-15(4,11-17)16-10-13-6-8-14(9-7-13)12(2)3/h6-9,12,16-17H,5,10-11H2,1-4H3. The summed E-state index contributed by atoms with van der Waals surface area (Å²) in [7, 11) is 0. The van der Waals surface area contributed by atoms with E-state index >= 15 is 0 Å². The molecule has 1 rings (SSSR count). The zero-order valence-corrected chi connectivity index (χ0v) is 11.5. The Labute approximate surface area is 105 Å². The second-order valence-electron chi connectivity index (χ2n) is 5.32. The van der Waals surface area contributed by atoms with Gasteiger partial charge in [0, 0.05) is 12.1 Å². The maximum absolute atomic E-state index is 9.32. The van der Waals surface area contributed by atoms with Crippen molar-refractivity contribution in [2.24, 2.45) is 0 Å². The van der Waals surface area contributed by atoms with Crippen LogP contribution in [-0.4, -0.2) is 17.3 Å². The molecule has 96 valence electrons. The van der Waals surface area contributed by atoms with Crippen molar-refractivity contribution in [1.29, 1.82) is 0 Å². The fraction of sp³-hybridized carbons (Fsp3) is 0.600. The summed E-state index contributed by atoms with van der Waals surface area (Å²) in [5, 5.41) is 12.7. The monoisotopic (exact) mass is 235 g/mol. The van der Waals surface area contributed by atoms with E-state index in [1.54, 1.807) is 0 Å². The second kappa shape index (κ2) is 6.18. The second-order valence-corrected chi connectivity index (χ2v) is 5.32. The Hall–Kier alpha value is -0.860. The molecule has 0 radical (unpaired) electrons. The molecular formula is C15H25NO. The van der Waals surface area contributed by atoms with E-state index in [4.69, 9.17) is 0 Å². The maximum atomic E-state index is 9.32. The first-order valence-corrected chi connectivity index (χ1v) is 6.45. The van der Waals surface area contributed by atoms with Gasteiger partial charge in [0.05, 0.1) is 6.61 Å². The van der Waals surface area contributed by atoms with Crippen molar-refractivity contribution >= 4 is 0 Å². The predicted molar refractivity (Wildman–Crippen MR) is 73.2 cm³/mol. The zero-order valence-electron chi connectivity index (χ0n) is 11.5. The van der Waals surface area contributed by atoms with Crippen molar-refractivity contribution in [3.05, 3.63) is 35.4 Å². The van der Waals surface area contributed by atoms with Gasteiger partial charge in [-0.3, -0.25) is 0 Å². The minimum atomic E-state index is -0.170. The molecule has 1 unspecified atom stereocenters. The Morgan fingerprint density at radius 3 is 2.24 bits per heavy atom. The lowest BCUT2D eigenvalue weighted by molar-refractivity contribution is 0.169. The molecule has 1 aromatic carbocycles. The normalized spacial score (nSPS) is 14.9. The van der Waals surface area contributed by atoms with Crippen LogP contribution >= 0.6 is 0 Å². The minimum Gasteiger partial charge on any atom is -0.394 e. The van der Waals surface area contributed by atoms with Crippen LogP contribution in [0.4, 0.5) is 0 Å². The van der Waals surface area contributed by atoms with Gasteiger partial charge in [-0.2, -0.15) is 0 Å². The van der Waals surface area contributed by atoms with Gasteiger partial charge in [0.1, 0.15) is 0 Å². The molecule has 0 heterocycles. The summed E-state index contributed by atoms with van der Waals surface area (Å²) in [4.78, 5) is 0. The van der Waals surface area contributed by atoms with E-state index in [0.29, 0.717) is 5.92 Å². The third-order valence-electron chi connectivity index (χ3n) is 3.49. The van der Waals surface area contributed by atoms with E-state index in [0.717, 1.165) is 13.0 Å². The quantitative estimate of drug-likeness (QED) is 0.794. The molecule has 0 aliphatic rings. The van der Waals surface area contributed by atoms with Gasteiger partial charge in [-0.15, -0.1) is 0 Å². The van der Waals surface area contributed by atoms with Crippen molar-refractivity contribution in [3.8, 4) is 0 Å². The van der Waals surface area contributed by atoms with Crippen molar-refractivity contribution in [2.75, 3.05) is 6.61 Å². The molecule has 0 bridgehead atoms. The van der Waals surface area contributed by atoms with E-state index in [1.807, 2.05) is 0 Å². The number of nitrogens with one attached hydrogen (secondary N) is 1. The highest BCUT2D eigenvalue weighted by atomic mass is 16.3. The number of aliphatic hydroxyl groups excluding tert-OH is 1. The van der Waals surface area contributed by atoms with Gasteiger partial charge in [0.25, 0.3) is 0 Å². The van der Waals surface area contributed by atoms with Crippen molar-refractivity contribution in [2.45, 2.75) is 52.1 Å². The molecular weight excluding hydrogens is 210 g/mol. The van der Waals surface area contributed by atoms with Gasteiger partial charge >= 0.3 is 0 Å². The van der Waals surface area contributed by atoms with Gasteiger partial charge in [0.15, 0.2) is 0 Å². The van der Waals surface area contributed by atoms with Crippen molar-refractivity contribution < 1.29 is 5.11 Å². The van der Waals surface area contributed by atoms with Crippen LogP contribution in [0.5, 0.6) is 0 Å². The molecule has 0 saturated carbocycles. The first-order valence-electron chi connectivity index (χ1n) is 6.45. The average Bonchev–Trinajstić information content (AvgIpc) is 2.36. The summed E-state index contributed by atoms with van der Waals surface area (Å²) >= 11 is 0. The van der Waals surface area contributed by atoms with Crippen LogP contribution in [0, 0.1) is 0 Å². The summed E-state index contributed by atoms with van der Waals surface area (Å²) < 4.78 is 0. The van der Waals surface area contributed by atoms with Crippen LogP contribution in [0.25, 0.3) is 0 Å². The molecule has 2 N–H and O–H groups in total. The Morgan fingerprint density at radius 2 is 1.82 bits per heavy atom. The number of aliphatic hydroxyl groups is 1. The smallest absolute Gasteiger partial charge is 0.0610 e. The summed E-state index contributed by atoms with van der Waals surface area (Å²) in [6, 6.07) is 8.69. The van der Waals surface area contributed by atoms with Crippen molar-refractivity contribution in [1.82, 2.24) is 5.32 Å². The van der Waals surface area contributed by atoms with E-state index in [2.05, 4.69) is 57.3 Å². The molecule has 0 aromatic heterocycles. The lowest BCUT2D eigenvalue weighted by Crippen LogP contribution is -2.44. The molecule has 1 aromatic rings.